The Labute approximate surface area is 443 Å². The van der Waals surface area contributed by atoms with Crippen LogP contribution in [0.1, 0.15) is 44.5 Å². The summed E-state index contributed by atoms with van der Waals surface area (Å²) in [4.78, 5) is 0. The number of hydrogen-bond donors (Lipinski definition) is 0. The Morgan fingerprint density at radius 1 is 0.224 bits per heavy atom. The first-order valence-corrected chi connectivity index (χ1v) is 26.9. The normalized spacial score (nSPS) is 12.2. The highest BCUT2D eigenvalue weighted by molar-refractivity contribution is 6.45. The lowest BCUT2D eigenvalue weighted by molar-refractivity contribution is 1.36. The van der Waals surface area contributed by atoms with E-state index in [1.165, 1.54) is 187 Å². The van der Waals surface area contributed by atoms with Crippen molar-refractivity contribution in [1.82, 2.24) is 8.80 Å². The second kappa shape index (κ2) is 16.3. The number of rotatable bonds is 6. The minimum Gasteiger partial charge on any atom is -0.308 e. The van der Waals surface area contributed by atoms with Gasteiger partial charge in [0.25, 0.3) is 0 Å². The minimum atomic E-state index is 1.23. The lowest BCUT2D eigenvalue weighted by atomic mass is 9.82. The van der Waals surface area contributed by atoms with Crippen molar-refractivity contribution in [1.29, 1.82) is 0 Å². The van der Waals surface area contributed by atoms with Crippen LogP contribution in [-0.2, 0) is 0 Å². The maximum atomic E-state index is 2.60. The van der Waals surface area contributed by atoms with Crippen molar-refractivity contribution in [3.63, 3.8) is 0 Å². The van der Waals surface area contributed by atoms with Crippen LogP contribution in [0.2, 0.25) is 0 Å². The van der Waals surface area contributed by atoms with Gasteiger partial charge in [-0.05, 0) is 203 Å². The maximum Gasteiger partial charge on any atom is 0.0634 e. The Kier molecular flexibility index (Phi) is 9.52. The Morgan fingerprint density at radius 3 is 0.803 bits per heavy atom. The van der Waals surface area contributed by atoms with E-state index in [1.54, 1.807) is 0 Å². The zero-order valence-corrected chi connectivity index (χ0v) is 44.4. The molecule has 2 nitrogen and oxygen atoms in total. The number of fused-ring (bicyclic) bond motifs is 14. The Morgan fingerprint density at radius 2 is 0.487 bits per heavy atom. The van der Waals surface area contributed by atoms with Crippen LogP contribution in [0.15, 0.2) is 194 Å². The highest BCUT2D eigenvalue weighted by Gasteiger charge is 2.30. The van der Waals surface area contributed by atoms with Gasteiger partial charge < -0.3 is 8.80 Å². The molecule has 4 heterocycles. The summed E-state index contributed by atoms with van der Waals surface area (Å²) in [6, 6.07) is 73.9. The third-order valence-electron chi connectivity index (χ3n) is 17.4. The number of para-hydroxylation sites is 2. The van der Waals surface area contributed by atoms with Crippen molar-refractivity contribution in [3.8, 4) is 66.8 Å². The summed E-state index contributed by atoms with van der Waals surface area (Å²) in [6.07, 6.45) is 0. The summed E-state index contributed by atoms with van der Waals surface area (Å²) < 4.78 is 5.20. The molecule has 11 aromatic carbocycles. The van der Waals surface area contributed by atoms with E-state index in [-0.39, 0.29) is 0 Å². The summed E-state index contributed by atoms with van der Waals surface area (Å²) in [5, 5.41) is 10.4. The van der Waals surface area contributed by atoms with E-state index in [0.29, 0.717) is 0 Å². The molecule has 0 bridgehead atoms. The van der Waals surface area contributed by atoms with Crippen LogP contribution in [0.25, 0.3) is 143 Å². The van der Waals surface area contributed by atoms with Crippen molar-refractivity contribution >= 4 is 76.2 Å². The van der Waals surface area contributed by atoms with Crippen molar-refractivity contribution < 1.29 is 0 Å². The molecule has 0 aliphatic rings. The van der Waals surface area contributed by atoms with E-state index in [2.05, 4.69) is 258 Å². The van der Waals surface area contributed by atoms with E-state index < -0.39 is 0 Å². The van der Waals surface area contributed by atoms with Crippen molar-refractivity contribution in [2.75, 3.05) is 0 Å². The summed E-state index contributed by atoms with van der Waals surface area (Å²) in [6.45, 7) is 18.1. The second-order valence-corrected chi connectivity index (χ2v) is 21.9. The zero-order chi connectivity index (χ0) is 51.4. The van der Waals surface area contributed by atoms with E-state index in [4.69, 9.17) is 0 Å². The molecule has 362 valence electrons. The number of aryl methyl sites for hydroxylation is 8. The van der Waals surface area contributed by atoms with Crippen molar-refractivity contribution in [3.05, 3.63) is 239 Å². The van der Waals surface area contributed by atoms with Crippen LogP contribution in [0.5, 0.6) is 0 Å². The molecule has 0 spiro atoms. The van der Waals surface area contributed by atoms with Crippen LogP contribution in [0.4, 0.5) is 0 Å². The summed E-state index contributed by atoms with van der Waals surface area (Å²) in [5.74, 6) is 0. The molecule has 0 fully saturated rings. The quantitative estimate of drug-likeness (QED) is 0.157. The molecule has 0 unspecified atom stereocenters. The molecule has 0 saturated heterocycles. The molecule has 0 N–H and O–H groups in total. The number of hydrogen-bond acceptors (Lipinski definition) is 0. The van der Waals surface area contributed by atoms with Crippen LogP contribution in [-0.4, -0.2) is 8.80 Å². The monoisotopic (exact) mass is 972 g/mol. The van der Waals surface area contributed by atoms with Gasteiger partial charge in [-0.15, -0.1) is 0 Å². The molecule has 0 aliphatic heterocycles. The topological polar surface area (TPSA) is 8.82 Å². The predicted molar refractivity (Wildman–Crippen MR) is 326 cm³/mol. The zero-order valence-electron chi connectivity index (χ0n) is 44.4. The number of aromatic nitrogens is 2. The molecular weight excluding hydrogens is 917 g/mol. The SMILES string of the molecule is Cc1cccc(C)c1-c1cccc(-c2c(C)cccc2C)c1-c1ccc2c(c1)c1c3c4ccccc4n4c5ccc(-c6c(-c7c(C)cccc7C)cccc6-c6c(C)cccc6C)cc5c(c5c6ccccc6n2c51)c34. The molecule has 4 aromatic heterocycles. The second-order valence-electron chi connectivity index (χ2n) is 21.9. The van der Waals surface area contributed by atoms with Gasteiger partial charge in [-0.2, -0.15) is 0 Å². The van der Waals surface area contributed by atoms with Gasteiger partial charge in [0.15, 0.2) is 0 Å². The predicted octanol–water partition coefficient (Wildman–Crippen LogP) is 20.5. The highest BCUT2D eigenvalue weighted by atomic mass is 14.9. The first-order valence-electron chi connectivity index (χ1n) is 26.9. The Balaban J connectivity index is 1.10. The average Bonchev–Trinajstić information content (AvgIpc) is 4.20. The molecule has 15 aromatic rings. The third-order valence-corrected chi connectivity index (χ3v) is 17.4. The molecule has 0 amide bonds. The van der Waals surface area contributed by atoms with E-state index in [0.717, 1.165) is 0 Å². The van der Waals surface area contributed by atoms with Gasteiger partial charge in [0.2, 0.25) is 0 Å². The van der Waals surface area contributed by atoms with E-state index in [9.17, 15) is 0 Å². The fourth-order valence-corrected chi connectivity index (χ4v) is 14.4. The van der Waals surface area contributed by atoms with Crippen LogP contribution in [0, 0.1) is 55.4 Å². The van der Waals surface area contributed by atoms with Gasteiger partial charge in [0.1, 0.15) is 0 Å². The third kappa shape index (κ3) is 5.98. The molecule has 0 atom stereocenters. The summed E-state index contributed by atoms with van der Waals surface area (Å²) in [5.41, 5.74) is 33.1. The molecule has 0 saturated carbocycles. The Bertz CT molecular complexity index is 4420. The van der Waals surface area contributed by atoms with Gasteiger partial charge in [-0.1, -0.05) is 158 Å². The first kappa shape index (κ1) is 44.5. The standard InChI is InChI=1S/C74H56N2/c1-41-19-13-20-42(2)63(41)53-29-17-30-54(64-43(3)21-14-22-44(64)4)67(53)49-35-37-61-57(39-49)71-69-51-27-9-12-34-60(51)76-62-38-36-50(40-58(62)72(74(69)76)70-52-28-10-11-33-59(52)75(61)73(70)71)68-55(65-45(5)23-15-24-46(65)6)31-18-32-56(68)66-47(7)25-16-26-48(66)8/h9-40H,1-8H3. The Hall–Kier alpha value is -8.98. The van der Waals surface area contributed by atoms with Crippen LogP contribution < -0.4 is 0 Å². The van der Waals surface area contributed by atoms with Gasteiger partial charge in [-0.25, -0.2) is 0 Å². The molecule has 15 rings (SSSR count). The molecule has 0 radical (unpaired) electrons. The summed E-state index contributed by atoms with van der Waals surface area (Å²) >= 11 is 0. The van der Waals surface area contributed by atoms with Gasteiger partial charge in [0, 0.05) is 43.1 Å². The van der Waals surface area contributed by atoms with Gasteiger partial charge in [0.05, 0.1) is 33.1 Å². The number of nitrogens with zero attached hydrogens (tertiary/aromatic N) is 2. The van der Waals surface area contributed by atoms with Gasteiger partial charge in [-0.3, -0.25) is 0 Å². The summed E-state index contributed by atoms with van der Waals surface area (Å²) in [7, 11) is 0. The largest absolute Gasteiger partial charge is 0.308 e. The smallest absolute Gasteiger partial charge is 0.0634 e. The first-order chi connectivity index (χ1) is 37.1. The highest BCUT2D eigenvalue weighted by Crippen LogP contribution is 2.54. The molecular formula is C74H56N2. The fraction of sp³-hybridized carbons (Fsp3) is 0.108. The van der Waals surface area contributed by atoms with Crippen molar-refractivity contribution in [2.45, 2.75) is 55.4 Å². The lowest BCUT2D eigenvalue weighted by Gasteiger charge is -2.21. The maximum absolute atomic E-state index is 2.60. The van der Waals surface area contributed by atoms with Crippen LogP contribution in [0.3, 0.4) is 0 Å². The fourth-order valence-electron chi connectivity index (χ4n) is 14.4. The molecule has 76 heavy (non-hydrogen) atoms. The van der Waals surface area contributed by atoms with Crippen LogP contribution >= 0.6 is 0 Å². The molecule has 2 heteroatoms. The average molecular weight is 973 g/mol. The van der Waals surface area contributed by atoms with Crippen molar-refractivity contribution in [2.24, 2.45) is 0 Å². The van der Waals surface area contributed by atoms with E-state index >= 15 is 0 Å². The van der Waals surface area contributed by atoms with Gasteiger partial charge >= 0.3 is 0 Å². The van der Waals surface area contributed by atoms with E-state index in [1.807, 2.05) is 0 Å². The minimum absolute atomic E-state index is 1.23. The molecule has 0 aliphatic carbocycles. The number of benzene rings is 11. The lowest BCUT2D eigenvalue weighted by Crippen LogP contribution is -1.96.